The lowest BCUT2D eigenvalue weighted by atomic mass is 10.1. The fourth-order valence-electron chi connectivity index (χ4n) is 3.67. The Morgan fingerprint density at radius 1 is 1.14 bits per heavy atom. The van der Waals surface area contributed by atoms with E-state index in [2.05, 4.69) is 23.3 Å². The van der Waals surface area contributed by atoms with E-state index in [0.717, 1.165) is 29.2 Å². The first-order valence-electron chi connectivity index (χ1n) is 9.40. The van der Waals surface area contributed by atoms with E-state index in [9.17, 15) is 4.79 Å². The van der Waals surface area contributed by atoms with Crippen molar-refractivity contribution in [3.63, 3.8) is 0 Å². The van der Waals surface area contributed by atoms with Crippen LogP contribution in [0.1, 0.15) is 28.4 Å². The molecule has 0 saturated carbocycles. The zero-order chi connectivity index (χ0) is 19.5. The Morgan fingerprint density at radius 2 is 1.93 bits per heavy atom. The first-order valence-corrected chi connectivity index (χ1v) is 9.40. The Hall–Kier alpha value is -3.34. The van der Waals surface area contributed by atoms with Gasteiger partial charge in [-0.25, -0.2) is 4.98 Å². The molecule has 0 fully saturated rings. The molecular formula is C23H23N3O2. The Morgan fingerprint density at radius 3 is 2.71 bits per heavy atom. The third-order valence-corrected chi connectivity index (χ3v) is 5.09. The van der Waals surface area contributed by atoms with Gasteiger partial charge in [-0.3, -0.25) is 4.79 Å². The topological polar surface area (TPSA) is 54.5 Å². The molecule has 2 aromatic carbocycles. The number of fused-ring (bicyclic) bond motifs is 1. The summed E-state index contributed by atoms with van der Waals surface area (Å²) in [4.78, 5) is 19.3. The zero-order valence-corrected chi connectivity index (χ0v) is 16.1. The number of nitrogens with one attached hydrogen (secondary N) is 1. The summed E-state index contributed by atoms with van der Waals surface area (Å²) < 4.78 is 5.37. The molecular weight excluding hydrogens is 350 g/mol. The number of methoxy groups -OCH3 is 1. The molecule has 0 aliphatic carbocycles. The van der Waals surface area contributed by atoms with E-state index >= 15 is 0 Å². The van der Waals surface area contributed by atoms with Crippen molar-refractivity contribution in [1.29, 1.82) is 0 Å². The number of benzene rings is 2. The van der Waals surface area contributed by atoms with E-state index in [4.69, 9.17) is 4.74 Å². The number of para-hydroxylation sites is 2. The van der Waals surface area contributed by atoms with Crippen molar-refractivity contribution in [2.45, 2.75) is 25.9 Å². The number of anilines is 2. The van der Waals surface area contributed by atoms with E-state index in [-0.39, 0.29) is 11.9 Å². The predicted molar refractivity (Wildman–Crippen MR) is 111 cm³/mol. The Balaban J connectivity index is 1.47. The van der Waals surface area contributed by atoms with Crippen LogP contribution in [-0.2, 0) is 13.0 Å². The van der Waals surface area contributed by atoms with Crippen molar-refractivity contribution in [3.8, 4) is 5.75 Å². The van der Waals surface area contributed by atoms with Gasteiger partial charge in [0.2, 0.25) is 0 Å². The van der Waals surface area contributed by atoms with Crippen molar-refractivity contribution in [2.75, 3.05) is 17.3 Å². The summed E-state index contributed by atoms with van der Waals surface area (Å²) in [6.45, 7) is 2.68. The maximum Gasteiger partial charge on any atom is 0.260 e. The van der Waals surface area contributed by atoms with Gasteiger partial charge in [-0.15, -0.1) is 0 Å². The summed E-state index contributed by atoms with van der Waals surface area (Å²) in [5.74, 6) is 1.54. The Labute approximate surface area is 165 Å². The second-order valence-corrected chi connectivity index (χ2v) is 6.95. The minimum Gasteiger partial charge on any atom is -0.496 e. The Kier molecular flexibility index (Phi) is 4.98. The van der Waals surface area contributed by atoms with Crippen molar-refractivity contribution in [1.82, 2.24) is 4.98 Å². The first kappa shape index (κ1) is 18.0. The number of pyridine rings is 1. The van der Waals surface area contributed by atoms with Gasteiger partial charge in [-0.2, -0.15) is 0 Å². The number of hydrogen-bond acceptors (Lipinski definition) is 4. The van der Waals surface area contributed by atoms with Crippen molar-refractivity contribution in [3.05, 3.63) is 83.6 Å². The molecule has 0 spiro atoms. The number of carbonyl (C=O) groups excluding carboxylic acids is 1. The molecule has 1 unspecified atom stereocenters. The third kappa shape index (κ3) is 3.43. The lowest BCUT2D eigenvalue weighted by molar-refractivity contribution is 0.0981. The van der Waals surface area contributed by atoms with Gasteiger partial charge in [0.15, 0.2) is 0 Å². The molecule has 3 aromatic rings. The Bertz CT molecular complexity index is 985. The molecule has 1 aliphatic heterocycles. The molecule has 1 aromatic heterocycles. The lowest BCUT2D eigenvalue weighted by Crippen LogP contribution is -2.35. The molecule has 5 heteroatoms. The molecule has 0 bridgehead atoms. The highest BCUT2D eigenvalue weighted by atomic mass is 16.5. The summed E-state index contributed by atoms with van der Waals surface area (Å²) >= 11 is 0. The van der Waals surface area contributed by atoms with Gasteiger partial charge in [-0.05, 0) is 43.2 Å². The summed E-state index contributed by atoms with van der Waals surface area (Å²) in [6.07, 6.45) is 2.52. The van der Waals surface area contributed by atoms with Gasteiger partial charge in [0.1, 0.15) is 11.6 Å². The van der Waals surface area contributed by atoms with Gasteiger partial charge in [0.25, 0.3) is 5.91 Å². The van der Waals surface area contributed by atoms with Crippen molar-refractivity contribution >= 4 is 17.4 Å². The molecule has 142 valence electrons. The van der Waals surface area contributed by atoms with Gasteiger partial charge < -0.3 is 15.0 Å². The van der Waals surface area contributed by atoms with Crippen LogP contribution in [0.4, 0.5) is 11.5 Å². The van der Waals surface area contributed by atoms with Crippen molar-refractivity contribution in [2.24, 2.45) is 0 Å². The van der Waals surface area contributed by atoms with Crippen LogP contribution in [0, 0.1) is 0 Å². The number of carbonyl (C=O) groups is 1. The van der Waals surface area contributed by atoms with Crippen LogP contribution in [0.5, 0.6) is 5.75 Å². The van der Waals surface area contributed by atoms with Crippen LogP contribution in [0.25, 0.3) is 0 Å². The standard InChI is InChI=1S/C23H23N3O2/c1-16-13-17-7-3-5-9-20(17)26(16)23(27)19-11-12-22(25-15-19)24-14-18-8-4-6-10-21(18)28-2/h3-12,15-16H,13-14H2,1-2H3,(H,24,25). The monoisotopic (exact) mass is 373 g/mol. The highest BCUT2D eigenvalue weighted by molar-refractivity contribution is 6.07. The van der Waals surface area contributed by atoms with Crippen LogP contribution in [0.3, 0.4) is 0 Å². The molecule has 0 saturated heterocycles. The minimum atomic E-state index is -0.0128. The van der Waals surface area contributed by atoms with Gasteiger partial charge in [-0.1, -0.05) is 36.4 Å². The SMILES string of the molecule is COc1ccccc1CNc1ccc(C(=O)N2c3ccccc3CC2C)cn1. The number of aromatic nitrogens is 1. The van der Waals surface area contributed by atoms with Crippen LogP contribution in [-0.4, -0.2) is 24.0 Å². The fraction of sp³-hybridized carbons (Fsp3) is 0.217. The van der Waals surface area contributed by atoms with E-state index in [0.29, 0.717) is 12.1 Å². The molecule has 1 atom stereocenters. The van der Waals surface area contributed by atoms with E-state index in [1.165, 1.54) is 5.56 Å². The number of nitrogens with zero attached hydrogens (tertiary/aromatic N) is 2. The average molecular weight is 373 g/mol. The van der Waals surface area contributed by atoms with Gasteiger partial charge in [0, 0.05) is 30.0 Å². The maximum atomic E-state index is 13.0. The van der Waals surface area contributed by atoms with Crippen LogP contribution < -0.4 is 15.0 Å². The lowest BCUT2D eigenvalue weighted by Gasteiger charge is -2.22. The summed E-state index contributed by atoms with van der Waals surface area (Å²) in [5.41, 5.74) is 3.85. The molecule has 0 radical (unpaired) electrons. The molecule has 1 N–H and O–H groups in total. The summed E-state index contributed by atoms with van der Waals surface area (Å²) in [7, 11) is 1.66. The fourth-order valence-corrected chi connectivity index (χ4v) is 3.67. The second kappa shape index (κ2) is 7.72. The van der Waals surface area contributed by atoms with E-state index < -0.39 is 0 Å². The van der Waals surface area contributed by atoms with Gasteiger partial charge >= 0.3 is 0 Å². The molecule has 28 heavy (non-hydrogen) atoms. The third-order valence-electron chi connectivity index (χ3n) is 5.09. The zero-order valence-electron chi connectivity index (χ0n) is 16.1. The normalized spacial score (nSPS) is 15.2. The van der Waals surface area contributed by atoms with Gasteiger partial charge in [0.05, 0.1) is 12.7 Å². The van der Waals surface area contributed by atoms with E-state index in [1.807, 2.05) is 59.5 Å². The number of rotatable bonds is 5. The van der Waals surface area contributed by atoms with E-state index in [1.54, 1.807) is 13.3 Å². The predicted octanol–water partition coefficient (Wildman–Crippen LogP) is 4.29. The molecule has 2 heterocycles. The molecule has 5 nitrogen and oxygen atoms in total. The van der Waals surface area contributed by atoms with Crippen molar-refractivity contribution < 1.29 is 9.53 Å². The molecule has 1 aliphatic rings. The van der Waals surface area contributed by atoms with Crippen LogP contribution in [0.2, 0.25) is 0 Å². The number of ether oxygens (including phenoxy) is 1. The molecule has 4 rings (SSSR count). The maximum absolute atomic E-state index is 13.0. The number of hydrogen-bond donors (Lipinski definition) is 1. The highest BCUT2D eigenvalue weighted by Gasteiger charge is 2.31. The quantitative estimate of drug-likeness (QED) is 0.725. The molecule has 1 amide bonds. The minimum absolute atomic E-state index is 0.0128. The average Bonchev–Trinajstić information content (AvgIpc) is 3.08. The highest BCUT2D eigenvalue weighted by Crippen LogP contribution is 2.33. The smallest absolute Gasteiger partial charge is 0.260 e. The first-order chi connectivity index (χ1) is 13.7. The van der Waals surface area contributed by atoms with Crippen LogP contribution >= 0.6 is 0 Å². The van der Waals surface area contributed by atoms with Crippen LogP contribution in [0.15, 0.2) is 66.9 Å². The largest absolute Gasteiger partial charge is 0.496 e. The summed E-state index contributed by atoms with van der Waals surface area (Å²) in [6, 6.07) is 19.8. The second-order valence-electron chi connectivity index (χ2n) is 6.95. The number of amides is 1. The summed E-state index contributed by atoms with van der Waals surface area (Å²) in [5, 5.41) is 3.28.